The third-order valence-electron chi connectivity index (χ3n) is 11.2. The van der Waals surface area contributed by atoms with Crippen molar-refractivity contribution >= 4 is 41.9 Å². The van der Waals surface area contributed by atoms with Crippen molar-refractivity contribution in [1.82, 2.24) is 9.80 Å². The summed E-state index contributed by atoms with van der Waals surface area (Å²) >= 11 is 0. The van der Waals surface area contributed by atoms with E-state index in [0.29, 0.717) is 18.4 Å². The van der Waals surface area contributed by atoms with Gasteiger partial charge in [0.05, 0.1) is 6.54 Å². The van der Waals surface area contributed by atoms with Crippen molar-refractivity contribution in [2.24, 2.45) is 16.3 Å². The maximum Gasteiger partial charge on any atom is 0.410 e. The summed E-state index contributed by atoms with van der Waals surface area (Å²) in [6, 6.07) is 6.36. The molecule has 15 nitrogen and oxygen atoms in total. The van der Waals surface area contributed by atoms with Gasteiger partial charge in [-0.15, -0.1) is 0 Å². The molecule has 0 aliphatic carbocycles. The van der Waals surface area contributed by atoms with Gasteiger partial charge in [-0.2, -0.15) is 0 Å². The molecule has 3 saturated heterocycles. The van der Waals surface area contributed by atoms with Gasteiger partial charge < -0.3 is 43.0 Å². The smallest absolute Gasteiger partial charge is 0.410 e. The van der Waals surface area contributed by atoms with E-state index in [1.54, 1.807) is 0 Å². The fourth-order valence-corrected chi connectivity index (χ4v) is 8.26. The van der Waals surface area contributed by atoms with E-state index in [0.717, 1.165) is 79.8 Å². The number of amides is 1. The predicted molar refractivity (Wildman–Crippen MR) is 222 cm³/mol. The lowest BCUT2D eigenvalue weighted by atomic mass is 9.72. The third-order valence-corrected chi connectivity index (χ3v) is 11.2. The number of hydrogen-bond donors (Lipinski definition) is 0. The Morgan fingerprint density at radius 1 is 0.917 bits per heavy atom. The van der Waals surface area contributed by atoms with Crippen LogP contribution in [0, 0.1) is 18.3 Å². The lowest BCUT2D eigenvalue weighted by molar-refractivity contribution is -0.291. The molecular weight excluding hydrogens is 775 g/mol. The van der Waals surface area contributed by atoms with Gasteiger partial charge in [0.15, 0.2) is 12.2 Å². The zero-order valence-corrected chi connectivity index (χ0v) is 36.9. The lowest BCUT2D eigenvalue weighted by Crippen LogP contribution is -2.63. The first-order valence-corrected chi connectivity index (χ1v) is 20.9. The molecular formula is C45H63N3O12. The van der Waals surface area contributed by atoms with Gasteiger partial charge in [0.1, 0.15) is 18.3 Å². The number of rotatable bonds is 13. The second kappa shape index (κ2) is 19.7. The number of piperidine rings is 1. The quantitative estimate of drug-likeness (QED) is 0.174. The van der Waals surface area contributed by atoms with Crippen LogP contribution in [0.4, 0.5) is 4.79 Å². The highest BCUT2D eigenvalue weighted by molar-refractivity contribution is 5.97. The number of aliphatic imine (C=N–C) groups is 1. The molecule has 0 unspecified atom stereocenters. The fourth-order valence-electron chi connectivity index (χ4n) is 8.26. The van der Waals surface area contributed by atoms with Crippen molar-refractivity contribution in [2.75, 3.05) is 45.9 Å². The van der Waals surface area contributed by atoms with Crippen LogP contribution in [0.1, 0.15) is 98.3 Å². The minimum Gasteiger partial charge on any atom is -0.463 e. The van der Waals surface area contributed by atoms with Crippen molar-refractivity contribution in [3.05, 3.63) is 52.1 Å². The number of carbonyl (C=O) groups is 5. The standard InChI is InChI=1S/C45H63N3O12/c1-27(2)36-23-46-41(59-42-40(57-32(7)52)39(56-31(6)51)38(55-30(5)50)37(58-42)24-54-29(4)49)35(36)22-34-15-14-33(21-28(34)3)13-11-12-18-47-25-45(26-47)16-19-48(20-17-45)43(53)60-44(8,9)10/h11,13-15,21,27,37-40,42H,12,16-20,22-26H2,1-10H3/b13-11+/t37-,38-,39+,40-,42+/m1/s1. The molecule has 1 aromatic rings. The summed E-state index contributed by atoms with van der Waals surface area (Å²) < 4.78 is 40.2. The molecule has 4 aliphatic heterocycles. The van der Waals surface area contributed by atoms with Crippen molar-refractivity contribution < 1.29 is 57.1 Å². The Morgan fingerprint density at radius 3 is 2.13 bits per heavy atom. The number of likely N-dealkylation sites (tertiary alicyclic amines) is 2. The van der Waals surface area contributed by atoms with Crippen molar-refractivity contribution in [1.29, 1.82) is 0 Å². The Kier molecular flexibility index (Phi) is 15.2. The number of aryl methyl sites for hydroxylation is 1. The van der Waals surface area contributed by atoms with Crippen LogP contribution >= 0.6 is 0 Å². The molecule has 330 valence electrons. The van der Waals surface area contributed by atoms with Crippen LogP contribution in [-0.2, 0) is 58.8 Å². The van der Waals surface area contributed by atoms with Crippen LogP contribution in [0.3, 0.4) is 0 Å². The molecule has 0 aromatic heterocycles. The Bertz CT molecular complexity index is 1850. The average Bonchev–Trinajstić information content (AvgIpc) is 3.52. The largest absolute Gasteiger partial charge is 0.463 e. The minimum atomic E-state index is -1.38. The van der Waals surface area contributed by atoms with Gasteiger partial charge in [0.25, 0.3) is 0 Å². The van der Waals surface area contributed by atoms with Crippen LogP contribution < -0.4 is 0 Å². The summed E-state index contributed by atoms with van der Waals surface area (Å²) in [6.07, 6.45) is 1.08. The molecule has 15 heteroatoms. The molecule has 0 radical (unpaired) electrons. The summed E-state index contributed by atoms with van der Waals surface area (Å²) in [6.45, 7) is 21.3. The predicted octanol–water partition coefficient (Wildman–Crippen LogP) is 5.74. The number of esters is 4. The van der Waals surface area contributed by atoms with Crippen LogP contribution in [0.15, 0.2) is 40.4 Å². The highest BCUT2D eigenvalue weighted by Crippen LogP contribution is 2.41. The Hall–Kier alpha value is -4.76. The third kappa shape index (κ3) is 12.4. The number of benzene rings is 1. The summed E-state index contributed by atoms with van der Waals surface area (Å²) in [5.41, 5.74) is 5.00. The van der Waals surface area contributed by atoms with Crippen LogP contribution in [0.2, 0.25) is 0 Å². The van der Waals surface area contributed by atoms with Crippen LogP contribution in [0.5, 0.6) is 0 Å². The summed E-state index contributed by atoms with van der Waals surface area (Å²) in [5, 5.41) is 0. The molecule has 0 saturated carbocycles. The van der Waals surface area contributed by atoms with Gasteiger partial charge in [-0.3, -0.25) is 19.2 Å². The molecule has 3 fully saturated rings. The molecule has 1 aromatic carbocycles. The number of hydrogen-bond acceptors (Lipinski definition) is 14. The zero-order valence-electron chi connectivity index (χ0n) is 36.9. The number of carbonyl (C=O) groups excluding carboxylic acids is 5. The molecule has 4 heterocycles. The Morgan fingerprint density at radius 2 is 1.55 bits per heavy atom. The van der Waals surface area contributed by atoms with E-state index in [1.165, 1.54) is 27.7 Å². The van der Waals surface area contributed by atoms with Crippen LogP contribution in [0.25, 0.3) is 6.08 Å². The van der Waals surface area contributed by atoms with Gasteiger partial charge >= 0.3 is 30.0 Å². The van der Waals surface area contributed by atoms with E-state index in [-0.39, 0.29) is 24.5 Å². The average molecular weight is 838 g/mol. The maximum absolute atomic E-state index is 12.5. The number of ether oxygens (including phenoxy) is 7. The van der Waals surface area contributed by atoms with E-state index in [9.17, 15) is 24.0 Å². The topological polar surface area (TPSA) is 169 Å². The van der Waals surface area contributed by atoms with E-state index < -0.39 is 60.2 Å². The highest BCUT2D eigenvalue weighted by Gasteiger charge is 2.54. The lowest BCUT2D eigenvalue weighted by Gasteiger charge is -2.54. The monoisotopic (exact) mass is 837 g/mol. The van der Waals surface area contributed by atoms with Crippen LogP contribution in [-0.4, -0.2) is 128 Å². The first kappa shape index (κ1) is 46.3. The Labute approximate surface area is 353 Å². The summed E-state index contributed by atoms with van der Waals surface area (Å²) in [4.78, 5) is 70.3. The molecule has 60 heavy (non-hydrogen) atoms. The number of nitrogens with zero attached hydrogens (tertiary/aromatic N) is 3. The second-order valence-corrected chi connectivity index (χ2v) is 17.7. The van der Waals surface area contributed by atoms with Crippen molar-refractivity contribution in [2.45, 2.75) is 131 Å². The summed E-state index contributed by atoms with van der Waals surface area (Å²) in [5.74, 6) is -2.35. The van der Waals surface area contributed by atoms with E-state index in [4.69, 9.17) is 38.2 Å². The van der Waals surface area contributed by atoms with Gasteiger partial charge in [-0.1, -0.05) is 44.2 Å². The molecule has 0 bridgehead atoms. The SMILES string of the molecule is CC(=O)OC[C@H]1O[C@@H](OC2=NCC(C(C)C)=C2Cc2ccc(/C=C/CCN3CC4(CCN(C(=O)OC(C)(C)C)CC4)C3)cc2C)[C@H](OC(C)=O)[C@@H](OC(C)=O)[C@@H]1OC(C)=O. The maximum atomic E-state index is 12.5. The highest BCUT2D eigenvalue weighted by atomic mass is 16.7. The second-order valence-electron chi connectivity index (χ2n) is 17.7. The molecule has 5 atom stereocenters. The molecule has 4 aliphatic rings. The normalized spacial score (nSPS) is 24.2. The molecule has 1 spiro atoms. The fraction of sp³-hybridized carbons (Fsp3) is 0.644. The van der Waals surface area contributed by atoms with Crippen molar-refractivity contribution in [3.63, 3.8) is 0 Å². The molecule has 1 amide bonds. The van der Waals surface area contributed by atoms with E-state index in [2.05, 4.69) is 56.0 Å². The van der Waals surface area contributed by atoms with Gasteiger partial charge in [-0.25, -0.2) is 9.79 Å². The first-order chi connectivity index (χ1) is 28.2. The molecule has 0 N–H and O–H groups in total. The van der Waals surface area contributed by atoms with Gasteiger partial charge in [0, 0.05) is 72.4 Å². The van der Waals surface area contributed by atoms with Gasteiger partial charge in [0.2, 0.25) is 18.3 Å². The molecule has 5 rings (SSSR count). The Balaban J connectivity index is 1.22. The minimum absolute atomic E-state index is 0.133. The first-order valence-electron chi connectivity index (χ1n) is 20.9. The summed E-state index contributed by atoms with van der Waals surface area (Å²) in [7, 11) is 0. The van der Waals surface area contributed by atoms with E-state index >= 15 is 0 Å². The van der Waals surface area contributed by atoms with Crippen molar-refractivity contribution in [3.8, 4) is 0 Å². The van der Waals surface area contributed by atoms with Gasteiger partial charge in [-0.05, 0) is 80.6 Å². The zero-order chi connectivity index (χ0) is 43.9. The van der Waals surface area contributed by atoms with E-state index in [1.807, 2.05) is 25.7 Å².